The third-order valence-electron chi connectivity index (χ3n) is 4.13. The van der Waals surface area contributed by atoms with Gasteiger partial charge in [-0.2, -0.15) is 0 Å². The van der Waals surface area contributed by atoms with Crippen LogP contribution in [-0.2, 0) is 6.54 Å². The monoisotopic (exact) mass is 359 g/mol. The second-order valence-electron chi connectivity index (χ2n) is 5.83. The van der Waals surface area contributed by atoms with Crippen molar-refractivity contribution in [2.75, 3.05) is 18.0 Å². The summed E-state index contributed by atoms with van der Waals surface area (Å²) in [6.07, 6.45) is 2.92. The van der Waals surface area contributed by atoms with Gasteiger partial charge in [-0.05, 0) is 43.2 Å². The van der Waals surface area contributed by atoms with Crippen LogP contribution in [0.5, 0.6) is 0 Å². The number of halogens is 2. The van der Waals surface area contributed by atoms with E-state index in [0.29, 0.717) is 16.1 Å². The highest BCUT2D eigenvalue weighted by Gasteiger charge is 2.23. The Hall–Kier alpha value is -1.73. The Labute approximate surface area is 153 Å². The van der Waals surface area contributed by atoms with Gasteiger partial charge in [-0.1, -0.05) is 35.2 Å². The average molecular weight is 360 g/mol. The van der Waals surface area contributed by atoms with Gasteiger partial charge in [0.05, 0.1) is 0 Å². The Morgan fingerprint density at radius 3 is 2.88 bits per heavy atom. The van der Waals surface area contributed by atoms with Gasteiger partial charge >= 0.3 is 0 Å². The molecular formula is C19H19Cl2N3. The Morgan fingerprint density at radius 1 is 1.29 bits per heavy atom. The van der Waals surface area contributed by atoms with Crippen LogP contribution >= 0.6 is 23.2 Å². The molecule has 1 aromatic heterocycles. The molecule has 0 bridgehead atoms. The highest BCUT2D eigenvalue weighted by atomic mass is 35.5. The van der Waals surface area contributed by atoms with Gasteiger partial charge in [-0.15, -0.1) is 5.92 Å². The lowest BCUT2D eigenvalue weighted by Crippen LogP contribution is -2.32. The molecule has 1 aliphatic rings. The number of hydrogen-bond donors (Lipinski definition) is 1. The first-order valence-electron chi connectivity index (χ1n) is 7.97. The number of hydrogen-bond acceptors (Lipinski definition) is 3. The molecule has 5 heteroatoms. The maximum atomic E-state index is 6.22. The van der Waals surface area contributed by atoms with Crippen LogP contribution in [0.15, 0.2) is 36.5 Å². The van der Waals surface area contributed by atoms with Crippen molar-refractivity contribution in [3.05, 3.63) is 57.7 Å². The van der Waals surface area contributed by atoms with E-state index in [1.54, 1.807) is 6.07 Å². The van der Waals surface area contributed by atoms with E-state index < -0.39 is 0 Å². The van der Waals surface area contributed by atoms with Crippen LogP contribution in [0.4, 0.5) is 5.82 Å². The number of nitrogens with one attached hydrogen (secondary N) is 1. The summed E-state index contributed by atoms with van der Waals surface area (Å²) in [5.74, 6) is 6.91. The summed E-state index contributed by atoms with van der Waals surface area (Å²) < 4.78 is 0. The first kappa shape index (κ1) is 17.1. The number of nitrogens with zero attached hydrogens (tertiary/aromatic N) is 2. The molecule has 2 heterocycles. The molecule has 1 saturated heterocycles. The molecule has 3 nitrogen and oxygen atoms in total. The predicted molar refractivity (Wildman–Crippen MR) is 101 cm³/mol. The molecule has 1 N–H and O–H groups in total. The molecule has 0 aliphatic carbocycles. The van der Waals surface area contributed by atoms with Crippen LogP contribution in [0, 0.1) is 11.8 Å². The second kappa shape index (κ2) is 7.90. The first-order chi connectivity index (χ1) is 11.7. The fraction of sp³-hybridized carbons (Fsp3) is 0.316. The van der Waals surface area contributed by atoms with Crippen LogP contribution in [0.3, 0.4) is 0 Å². The molecule has 0 spiro atoms. The zero-order chi connectivity index (χ0) is 16.9. The molecule has 1 aromatic carbocycles. The molecule has 0 saturated carbocycles. The van der Waals surface area contributed by atoms with E-state index in [9.17, 15) is 0 Å². The molecule has 1 aliphatic heterocycles. The standard InChI is InChI=1S/C19H19Cl2N3/c1-2-3-14-4-7-19(23-11-14)24-9-8-17(13-24)22-12-15-5-6-16(20)10-18(15)21/h4-7,10-11,17,22H,8-9,12-13H2,1H3/t17-/m0/s1. The second-order valence-corrected chi connectivity index (χ2v) is 6.67. The van der Waals surface area contributed by atoms with Crippen molar-refractivity contribution >= 4 is 29.0 Å². The fourth-order valence-electron chi connectivity index (χ4n) is 2.85. The zero-order valence-corrected chi connectivity index (χ0v) is 15.0. The Bertz CT molecular complexity index is 762. The van der Waals surface area contributed by atoms with Crippen molar-refractivity contribution in [2.45, 2.75) is 25.9 Å². The highest BCUT2D eigenvalue weighted by molar-refractivity contribution is 6.35. The van der Waals surface area contributed by atoms with Crippen LogP contribution in [0.1, 0.15) is 24.5 Å². The van der Waals surface area contributed by atoms with Crippen molar-refractivity contribution in [3.8, 4) is 11.8 Å². The number of aromatic nitrogens is 1. The number of benzene rings is 1. The summed E-state index contributed by atoms with van der Waals surface area (Å²) in [7, 11) is 0. The van der Waals surface area contributed by atoms with E-state index in [0.717, 1.165) is 43.0 Å². The van der Waals surface area contributed by atoms with E-state index >= 15 is 0 Å². The van der Waals surface area contributed by atoms with Crippen LogP contribution in [0.25, 0.3) is 0 Å². The van der Waals surface area contributed by atoms with Crippen molar-refractivity contribution in [2.24, 2.45) is 0 Å². The van der Waals surface area contributed by atoms with Crippen LogP contribution < -0.4 is 10.2 Å². The summed E-state index contributed by atoms with van der Waals surface area (Å²) in [6.45, 7) is 4.51. The molecule has 2 aromatic rings. The maximum absolute atomic E-state index is 6.22. The van der Waals surface area contributed by atoms with Gasteiger partial charge < -0.3 is 10.2 Å². The molecule has 0 radical (unpaired) electrons. The van der Waals surface area contributed by atoms with Gasteiger partial charge in [-0.25, -0.2) is 4.98 Å². The molecule has 3 rings (SSSR count). The van der Waals surface area contributed by atoms with Gasteiger partial charge in [0.25, 0.3) is 0 Å². The van der Waals surface area contributed by atoms with Gasteiger partial charge in [-0.3, -0.25) is 0 Å². The molecule has 0 amide bonds. The minimum atomic E-state index is 0.425. The number of pyridine rings is 1. The smallest absolute Gasteiger partial charge is 0.128 e. The zero-order valence-electron chi connectivity index (χ0n) is 13.5. The van der Waals surface area contributed by atoms with Crippen molar-refractivity contribution in [1.29, 1.82) is 0 Å². The van der Waals surface area contributed by atoms with Gasteiger partial charge in [0.15, 0.2) is 0 Å². The summed E-state index contributed by atoms with van der Waals surface area (Å²) >= 11 is 12.2. The quantitative estimate of drug-likeness (QED) is 0.831. The third kappa shape index (κ3) is 4.21. The average Bonchev–Trinajstić information content (AvgIpc) is 3.04. The summed E-state index contributed by atoms with van der Waals surface area (Å²) in [4.78, 5) is 6.81. The summed E-state index contributed by atoms with van der Waals surface area (Å²) in [6, 6.07) is 10.1. The van der Waals surface area contributed by atoms with Crippen molar-refractivity contribution < 1.29 is 0 Å². The number of rotatable bonds is 4. The van der Waals surface area contributed by atoms with Crippen molar-refractivity contribution in [3.63, 3.8) is 0 Å². The first-order valence-corrected chi connectivity index (χ1v) is 8.72. The Balaban J connectivity index is 1.56. The van der Waals surface area contributed by atoms with Crippen molar-refractivity contribution in [1.82, 2.24) is 10.3 Å². The van der Waals surface area contributed by atoms with Crippen LogP contribution in [0.2, 0.25) is 10.0 Å². The van der Waals surface area contributed by atoms with E-state index in [1.807, 2.05) is 37.4 Å². The fourth-order valence-corrected chi connectivity index (χ4v) is 3.32. The lowest BCUT2D eigenvalue weighted by molar-refractivity contribution is 0.551. The van der Waals surface area contributed by atoms with E-state index in [-0.39, 0.29) is 0 Å². The van der Waals surface area contributed by atoms with E-state index in [2.05, 4.69) is 27.0 Å². The molecule has 1 atom stereocenters. The SMILES string of the molecule is CC#Cc1ccc(N2CC[C@H](NCc3ccc(Cl)cc3Cl)C2)nc1. The van der Waals surface area contributed by atoms with E-state index in [4.69, 9.17) is 23.2 Å². The third-order valence-corrected chi connectivity index (χ3v) is 4.71. The molecule has 124 valence electrons. The Morgan fingerprint density at radius 2 is 2.17 bits per heavy atom. The van der Waals surface area contributed by atoms with Gasteiger partial charge in [0, 0.05) is 47.5 Å². The molecule has 1 fully saturated rings. The highest BCUT2D eigenvalue weighted by Crippen LogP contribution is 2.22. The molecule has 0 unspecified atom stereocenters. The number of anilines is 1. The lowest BCUT2D eigenvalue weighted by Gasteiger charge is -2.18. The predicted octanol–water partition coefficient (Wildman–Crippen LogP) is 4.13. The maximum Gasteiger partial charge on any atom is 0.128 e. The molecule has 24 heavy (non-hydrogen) atoms. The summed E-state index contributed by atoms with van der Waals surface area (Å²) in [5.41, 5.74) is 2.02. The van der Waals surface area contributed by atoms with E-state index in [1.165, 1.54) is 0 Å². The topological polar surface area (TPSA) is 28.2 Å². The van der Waals surface area contributed by atoms with Crippen LogP contribution in [-0.4, -0.2) is 24.1 Å². The minimum Gasteiger partial charge on any atom is -0.355 e. The Kier molecular flexibility index (Phi) is 5.63. The largest absolute Gasteiger partial charge is 0.355 e. The van der Waals surface area contributed by atoms with Gasteiger partial charge in [0.1, 0.15) is 5.82 Å². The van der Waals surface area contributed by atoms with Gasteiger partial charge in [0.2, 0.25) is 0 Å². The lowest BCUT2D eigenvalue weighted by atomic mass is 10.2. The minimum absolute atomic E-state index is 0.425. The molecular weight excluding hydrogens is 341 g/mol. The normalized spacial score (nSPS) is 16.8. The summed E-state index contributed by atoms with van der Waals surface area (Å²) in [5, 5.41) is 4.94.